The topological polar surface area (TPSA) is 91.8 Å². The van der Waals surface area contributed by atoms with E-state index in [0.29, 0.717) is 10.9 Å². The highest BCUT2D eigenvalue weighted by Gasteiger charge is 2.20. The molecule has 1 aliphatic rings. The molecule has 0 saturated carbocycles. The van der Waals surface area contributed by atoms with Crippen molar-refractivity contribution >= 4 is 22.2 Å². The minimum Gasteiger partial charge on any atom is -0.395 e. The molecule has 1 fully saturated rings. The van der Waals surface area contributed by atoms with E-state index in [1.807, 2.05) is 47.0 Å². The Labute approximate surface area is 172 Å². The lowest BCUT2D eigenvalue weighted by Gasteiger charge is -2.35. The van der Waals surface area contributed by atoms with Crippen molar-refractivity contribution in [2.75, 3.05) is 37.7 Å². The van der Waals surface area contributed by atoms with E-state index in [9.17, 15) is 4.79 Å². The van der Waals surface area contributed by atoms with Crippen LogP contribution in [0.4, 0.5) is 5.69 Å². The normalized spacial score (nSPS) is 15.3. The van der Waals surface area contributed by atoms with Crippen molar-refractivity contribution in [3.63, 3.8) is 0 Å². The van der Waals surface area contributed by atoms with Crippen LogP contribution in [0.3, 0.4) is 0 Å². The van der Waals surface area contributed by atoms with Crippen molar-refractivity contribution in [1.29, 1.82) is 0 Å². The average molecular weight is 405 g/mol. The van der Waals surface area contributed by atoms with Gasteiger partial charge in [-0.2, -0.15) is 0 Å². The first-order valence-electron chi connectivity index (χ1n) is 10.1. The molecular formula is C21H23N7O2. The molecule has 0 radical (unpaired) electrons. The third-order valence-corrected chi connectivity index (χ3v) is 5.64. The summed E-state index contributed by atoms with van der Waals surface area (Å²) in [6.45, 7) is 4.57. The molecule has 4 aromatic rings. The predicted octanol–water partition coefficient (Wildman–Crippen LogP) is 0.754. The molecule has 0 atom stereocenters. The van der Waals surface area contributed by atoms with Crippen LogP contribution >= 0.6 is 0 Å². The summed E-state index contributed by atoms with van der Waals surface area (Å²) in [4.78, 5) is 21.6. The minimum absolute atomic E-state index is 0.0833. The Kier molecular flexibility index (Phi) is 4.89. The lowest BCUT2D eigenvalue weighted by Crippen LogP contribution is -2.46. The second-order valence-electron chi connectivity index (χ2n) is 7.48. The zero-order valence-electron chi connectivity index (χ0n) is 16.6. The Morgan fingerprint density at radius 2 is 1.90 bits per heavy atom. The van der Waals surface area contributed by atoms with Crippen LogP contribution in [0, 0.1) is 0 Å². The number of nitrogens with zero attached hydrogens (tertiary/aromatic N) is 7. The fourth-order valence-electron chi connectivity index (χ4n) is 3.97. The van der Waals surface area contributed by atoms with Gasteiger partial charge >= 0.3 is 0 Å². The SMILES string of the molecule is O=c1c2ccc(N3CCN(Cc4nnc5ccccn45)CC3)cc2ncn1CCO. The molecule has 0 amide bonds. The van der Waals surface area contributed by atoms with Gasteiger partial charge in [-0.3, -0.25) is 18.7 Å². The van der Waals surface area contributed by atoms with E-state index in [1.54, 1.807) is 0 Å². The summed E-state index contributed by atoms with van der Waals surface area (Å²) in [6, 6.07) is 11.7. The first-order valence-corrected chi connectivity index (χ1v) is 10.1. The molecule has 0 spiro atoms. The lowest BCUT2D eigenvalue weighted by molar-refractivity contribution is 0.243. The monoisotopic (exact) mass is 405 g/mol. The van der Waals surface area contributed by atoms with Crippen molar-refractivity contribution < 1.29 is 5.11 Å². The van der Waals surface area contributed by atoms with Crippen molar-refractivity contribution in [1.82, 2.24) is 29.0 Å². The molecule has 3 aromatic heterocycles. The maximum absolute atomic E-state index is 12.5. The van der Waals surface area contributed by atoms with Gasteiger partial charge in [0.15, 0.2) is 11.5 Å². The van der Waals surface area contributed by atoms with Gasteiger partial charge in [-0.1, -0.05) is 6.07 Å². The smallest absolute Gasteiger partial charge is 0.261 e. The fraction of sp³-hybridized carbons (Fsp3) is 0.333. The number of hydrogen-bond acceptors (Lipinski definition) is 7. The number of benzene rings is 1. The molecule has 5 rings (SSSR count). The van der Waals surface area contributed by atoms with Gasteiger partial charge in [0, 0.05) is 38.1 Å². The number of rotatable bonds is 5. The highest BCUT2D eigenvalue weighted by Crippen LogP contribution is 2.21. The maximum Gasteiger partial charge on any atom is 0.261 e. The number of aliphatic hydroxyl groups excluding tert-OH is 1. The van der Waals surface area contributed by atoms with Crippen LogP contribution < -0.4 is 10.5 Å². The fourth-order valence-corrected chi connectivity index (χ4v) is 3.97. The number of anilines is 1. The molecule has 0 aliphatic carbocycles. The second kappa shape index (κ2) is 7.85. The molecule has 1 aliphatic heterocycles. The molecule has 9 nitrogen and oxygen atoms in total. The zero-order chi connectivity index (χ0) is 20.5. The van der Waals surface area contributed by atoms with Crippen LogP contribution in [0.25, 0.3) is 16.6 Å². The van der Waals surface area contributed by atoms with Gasteiger partial charge in [-0.15, -0.1) is 10.2 Å². The van der Waals surface area contributed by atoms with Gasteiger partial charge in [0.05, 0.1) is 36.9 Å². The summed E-state index contributed by atoms with van der Waals surface area (Å²) < 4.78 is 3.47. The van der Waals surface area contributed by atoms with Crippen molar-refractivity contribution in [2.45, 2.75) is 13.1 Å². The van der Waals surface area contributed by atoms with Gasteiger partial charge in [-0.25, -0.2) is 4.98 Å². The van der Waals surface area contributed by atoms with Crippen LogP contribution in [-0.2, 0) is 13.1 Å². The molecule has 30 heavy (non-hydrogen) atoms. The third kappa shape index (κ3) is 3.42. The Morgan fingerprint density at radius 3 is 2.73 bits per heavy atom. The third-order valence-electron chi connectivity index (χ3n) is 5.64. The number of hydrogen-bond donors (Lipinski definition) is 1. The van der Waals surface area contributed by atoms with Crippen molar-refractivity contribution in [3.05, 3.63) is 65.1 Å². The van der Waals surface area contributed by atoms with Gasteiger partial charge in [-0.05, 0) is 30.3 Å². The quantitative estimate of drug-likeness (QED) is 0.524. The summed E-state index contributed by atoms with van der Waals surface area (Å²) >= 11 is 0. The Bertz CT molecular complexity index is 1240. The maximum atomic E-state index is 12.5. The van der Waals surface area contributed by atoms with Crippen LogP contribution in [0.2, 0.25) is 0 Å². The van der Waals surface area contributed by atoms with Gasteiger partial charge < -0.3 is 10.0 Å². The largest absolute Gasteiger partial charge is 0.395 e. The van der Waals surface area contributed by atoms with E-state index < -0.39 is 0 Å². The number of aromatic nitrogens is 5. The number of piperazine rings is 1. The highest BCUT2D eigenvalue weighted by molar-refractivity contribution is 5.81. The van der Waals surface area contributed by atoms with E-state index in [-0.39, 0.29) is 18.7 Å². The summed E-state index contributed by atoms with van der Waals surface area (Å²) in [7, 11) is 0. The van der Waals surface area contributed by atoms with Crippen molar-refractivity contribution in [2.24, 2.45) is 0 Å². The van der Waals surface area contributed by atoms with Crippen LogP contribution in [-0.4, -0.2) is 66.9 Å². The van der Waals surface area contributed by atoms with E-state index in [2.05, 4.69) is 25.0 Å². The zero-order valence-corrected chi connectivity index (χ0v) is 16.6. The summed E-state index contributed by atoms with van der Waals surface area (Å²) in [6.07, 6.45) is 3.50. The molecule has 1 aromatic carbocycles. The molecule has 4 heterocycles. The van der Waals surface area contributed by atoms with Crippen LogP contribution in [0.1, 0.15) is 5.82 Å². The lowest BCUT2D eigenvalue weighted by atomic mass is 10.2. The number of fused-ring (bicyclic) bond motifs is 2. The number of pyridine rings is 1. The molecule has 0 unspecified atom stereocenters. The Morgan fingerprint density at radius 1 is 1.03 bits per heavy atom. The van der Waals surface area contributed by atoms with Gasteiger partial charge in [0.1, 0.15) is 0 Å². The van der Waals surface area contributed by atoms with E-state index in [1.165, 1.54) is 10.9 Å². The van der Waals surface area contributed by atoms with Gasteiger partial charge in [0.25, 0.3) is 5.56 Å². The van der Waals surface area contributed by atoms with E-state index in [0.717, 1.165) is 49.9 Å². The molecule has 1 N–H and O–H groups in total. The van der Waals surface area contributed by atoms with Crippen LogP contribution in [0.15, 0.2) is 53.7 Å². The standard InChI is InChI=1S/C21H23N7O2/c29-12-11-27-15-22-18-13-16(4-5-17(18)21(27)30)26-9-7-25(8-10-26)14-20-24-23-19-3-1-2-6-28(19)20/h1-6,13,15,29H,7-12,14H2. The first-order chi connectivity index (χ1) is 14.7. The Hall–Kier alpha value is -3.30. The predicted molar refractivity (Wildman–Crippen MR) is 114 cm³/mol. The number of aliphatic hydroxyl groups is 1. The van der Waals surface area contributed by atoms with Crippen LogP contribution in [0.5, 0.6) is 0 Å². The average Bonchev–Trinajstić information content (AvgIpc) is 3.19. The summed E-state index contributed by atoms with van der Waals surface area (Å²) in [5.41, 5.74) is 2.50. The van der Waals surface area contributed by atoms with Gasteiger partial charge in [0.2, 0.25) is 0 Å². The Balaban J connectivity index is 1.28. The molecular weight excluding hydrogens is 382 g/mol. The minimum atomic E-state index is -0.119. The molecule has 154 valence electrons. The second-order valence-corrected chi connectivity index (χ2v) is 7.48. The summed E-state index contributed by atoms with van der Waals surface area (Å²) in [5.74, 6) is 0.952. The summed E-state index contributed by atoms with van der Waals surface area (Å²) in [5, 5.41) is 18.2. The molecule has 1 saturated heterocycles. The van der Waals surface area contributed by atoms with E-state index in [4.69, 9.17) is 5.11 Å². The highest BCUT2D eigenvalue weighted by atomic mass is 16.3. The van der Waals surface area contributed by atoms with E-state index >= 15 is 0 Å². The first kappa shape index (κ1) is 18.7. The van der Waals surface area contributed by atoms with Crippen molar-refractivity contribution in [3.8, 4) is 0 Å². The molecule has 0 bridgehead atoms. The molecule has 9 heteroatoms.